The van der Waals surface area contributed by atoms with E-state index in [2.05, 4.69) is 5.16 Å². The molecule has 5 nitrogen and oxygen atoms in total. The molecule has 3 N–H and O–H groups in total. The van der Waals surface area contributed by atoms with Crippen molar-refractivity contribution >= 4 is 11.7 Å². The highest BCUT2D eigenvalue weighted by atomic mass is 16.4. The number of likely N-dealkylation sites (N-methyl/N-ethyl adjacent to an activating group) is 1. The second-order valence-corrected chi connectivity index (χ2v) is 4.90. The van der Waals surface area contributed by atoms with Gasteiger partial charge in [0.15, 0.2) is 5.84 Å². The molecule has 0 fully saturated rings. The van der Waals surface area contributed by atoms with Crippen LogP contribution in [0.3, 0.4) is 0 Å². The van der Waals surface area contributed by atoms with E-state index in [4.69, 9.17) is 10.9 Å². The molecule has 0 aliphatic carbocycles. The topological polar surface area (TPSA) is 78.9 Å². The molecule has 0 radical (unpaired) electrons. The standard InChI is InChI=1S/C14H21N3O2/c1-4-17(10-12(15)16-19)13(18)14(2,3)11-8-6-5-7-9-11/h5-9,19H,4,10H2,1-3H3,(H2,15,16). The van der Waals surface area contributed by atoms with E-state index in [1.807, 2.05) is 51.1 Å². The van der Waals surface area contributed by atoms with Crippen LogP contribution in [0.1, 0.15) is 26.3 Å². The van der Waals surface area contributed by atoms with Gasteiger partial charge in [-0.15, -0.1) is 0 Å². The normalized spacial score (nSPS) is 12.3. The van der Waals surface area contributed by atoms with E-state index >= 15 is 0 Å². The van der Waals surface area contributed by atoms with Gasteiger partial charge in [-0.1, -0.05) is 35.5 Å². The Morgan fingerprint density at radius 1 is 1.37 bits per heavy atom. The van der Waals surface area contributed by atoms with Crippen molar-refractivity contribution in [1.82, 2.24) is 4.90 Å². The van der Waals surface area contributed by atoms with Crippen LogP contribution in [-0.4, -0.2) is 34.9 Å². The molecule has 1 aromatic carbocycles. The maximum Gasteiger partial charge on any atom is 0.233 e. The fraction of sp³-hybridized carbons (Fsp3) is 0.429. The summed E-state index contributed by atoms with van der Waals surface area (Å²) >= 11 is 0. The summed E-state index contributed by atoms with van der Waals surface area (Å²) in [4.78, 5) is 14.2. The summed E-state index contributed by atoms with van der Waals surface area (Å²) in [6.45, 7) is 6.25. The lowest BCUT2D eigenvalue weighted by Gasteiger charge is -2.31. The Morgan fingerprint density at radius 2 is 1.95 bits per heavy atom. The smallest absolute Gasteiger partial charge is 0.233 e. The maximum absolute atomic E-state index is 12.6. The van der Waals surface area contributed by atoms with Gasteiger partial charge in [-0.25, -0.2) is 0 Å². The van der Waals surface area contributed by atoms with E-state index in [0.29, 0.717) is 6.54 Å². The lowest BCUT2D eigenvalue weighted by molar-refractivity contribution is -0.135. The molecule has 0 spiro atoms. The highest BCUT2D eigenvalue weighted by molar-refractivity contribution is 5.91. The average Bonchev–Trinajstić information content (AvgIpc) is 2.44. The highest BCUT2D eigenvalue weighted by Gasteiger charge is 2.33. The van der Waals surface area contributed by atoms with Crippen LogP contribution < -0.4 is 5.73 Å². The van der Waals surface area contributed by atoms with E-state index < -0.39 is 5.41 Å². The Kier molecular flexibility index (Phi) is 4.92. The van der Waals surface area contributed by atoms with Gasteiger partial charge < -0.3 is 15.8 Å². The summed E-state index contributed by atoms with van der Waals surface area (Å²) in [6, 6.07) is 9.58. The number of amidine groups is 1. The first-order valence-corrected chi connectivity index (χ1v) is 6.24. The second-order valence-electron chi connectivity index (χ2n) is 4.90. The number of nitrogens with two attached hydrogens (primary N) is 1. The zero-order chi connectivity index (χ0) is 14.5. The molecule has 0 aromatic heterocycles. The van der Waals surface area contributed by atoms with Gasteiger partial charge in [0.2, 0.25) is 5.91 Å². The molecule has 5 heteroatoms. The SMILES string of the molecule is CCN(CC(N)=NO)C(=O)C(C)(C)c1ccccc1. The number of hydrogen-bond acceptors (Lipinski definition) is 3. The van der Waals surface area contributed by atoms with Crippen LogP contribution in [0.5, 0.6) is 0 Å². The van der Waals surface area contributed by atoms with E-state index in [1.54, 1.807) is 4.90 Å². The van der Waals surface area contributed by atoms with Gasteiger partial charge in [-0.05, 0) is 26.3 Å². The third kappa shape index (κ3) is 3.47. The molecule has 104 valence electrons. The number of carbonyl (C=O) groups is 1. The Bertz CT molecular complexity index is 455. The van der Waals surface area contributed by atoms with Crippen molar-refractivity contribution in [3.8, 4) is 0 Å². The van der Waals surface area contributed by atoms with Gasteiger partial charge in [0.1, 0.15) is 0 Å². The summed E-state index contributed by atoms with van der Waals surface area (Å²) in [6.07, 6.45) is 0. The minimum atomic E-state index is -0.646. The summed E-state index contributed by atoms with van der Waals surface area (Å²) in [5.41, 5.74) is 5.77. The molecule has 1 rings (SSSR count). The Morgan fingerprint density at radius 3 is 2.42 bits per heavy atom. The fourth-order valence-electron chi connectivity index (χ4n) is 1.93. The molecule has 0 heterocycles. The van der Waals surface area contributed by atoms with Gasteiger partial charge in [-0.2, -0.15) is 0 Å². The summed E-state index contributed by atoms with van der Waals surface area (Å²) < 4.78 is 0. The van der Waals surface area contributed by atoms with Gasteiger partial charge in [0.25, 0.3) is 0 Å². The molecule has 0 aliphatic rings. The molecule has 0 unspecified atom stereocenters. The van der Waals surface area contributed by atoms with E-state index in [0.717, 1.165) is 5.56 Å². The van der Waals surface area contributed by atoms with Crippen molar-refractivity contribution in [3.05, 3.63) is 35.9 Å². The van der Waals surface area contributed by atoms with Crippen molar-refractivity contribution in [2.75, 3.05) is 13.1 Å². The van der Waals surface area contributed by atoms with Crippen LogP contribution in [0.15, 0.2) is 35.5 Å². The van der Waals surface area contributed by atoms with Crippen LogP contribution in [-0.2, 0) is 10.2 Å². The van der Waals surface area contributed by atoms with Crippen molar-refractivity contribution in [1.29, 1.82) is 0 Å². The van der Waals surface area contributed by atoms with Gasteiger partial charge in [-0.3, -0.25) is 4.79 Å². The van der Waals surface area contributed by atoms with Crippen molar-refractivity contribution in [3.63, 3.8) is 0 Å². The van der Waals surface area contributed by atoms with E-state index in [9.17, 15) is 4.79 Å². The molecule has 1 amide bonds. The van der Waals surface area contributed by atoms with Crippen molar-refractivity contribution < 1.29 is 10.0 Å². The van der Waals surface area contributed by atoms with Crippen LogP contribution in [0.25, 0.3) is 0 Å². The predicted octanol–water partition coefficient (Wildman–Crippen LogP) is 1.56. The first-order chi connectivity index (χ1) is 8.93. The zero-order valence-corrected chi connectivity index (χ0v) is 11.6. The van der Waals surface area contributed by atoms with Gasteiger partial charge >= 0.3 is 0 Å². The number of amides is 1. The Balaban J connectivity index is 2.96. The molecule has 0 atom stereocenters. The van der Waals surface area contributed by atoms with Gasteiger partial charge in [0, 0.05) is 6.54 Å². The molecule has 1 aromatic rings. The third-order valence-corrected chi connectivity index (χ3v) is 3.18. The molecule has 0 saturated carbocycles. The van der Waals surface area contributed by atoms with Crippen molar-refractivity contribution in [2.45, 2.75) is 26.2 Å². The Hall–Kier alpha value is -2.04. The fourth-order valence-corrected chi connectivity index (χ4v) is 1.93. The largest absolute Gasteiger partial charge is 0.409 e. The summed E-state index contributed by atoms with van der Waals surface area (Å²) in [5, 5.41) is 11.5. The van der Waals surface area contributed by atoms with Crippen LogP contribution in [0.4, 0.5) is 0 Å². The zero-order valence-electron chi connectivity index (χ0n) is 11.6. The first kappa shape index (κ1) is 15.0. The second kappa shape index (κ2) is 6.22. The highest BCUT2D eigenvalue weighted by Crippen LogP contribution is 2.25. The minimum Gasteiger partial charge on any atom is -0.409 e. The lowest BCUT2D eigenvalue weighted by Crippen LogP contribution is -2.46. The average molecular weight is 263 g/mol. The number of rotatable bonds is 5. The van der Waals surface area contributed by atoms with E-state index in [-0.39, 0.29) is 18.3 Å². The van der Waals surface area contributed by atoms with Crippen LogP contribution in [0.2, 0.25) is 0 Å². The number of carbonyl (C=O) groups excluding carboxylic acids is 1. The Labute approximate surface area is 113 Å². The summed E-state index contributed by atoms with van der Waals surface area (Å²) in [7, 11) is 0. The molecule has 0 saturated heterocycles. The first-order valence-electron chi connectivity index (χ1n) is 6.24. The molecule has 0 bridgehead atoms. The molecular formula is C14H21N3O2. The number of benzene rings is 1. The third-order valence-electron chi connectivity index (χ3n) is 3.18. The number of hydrogen-bond donors (Lipinski definition) is 2. The monoisotopic (exact) mass is 263 g/mol. The van der Waals surface area contributed by atoms with Crippen molar-refractivity contribution in [2.24, 2.45) is 10.9 Å². The summed E-state index contributed by atoms with van der Waals surface area (Å²) in [5.74, 6) is -0.0214. The van der Waals surface area contributed by atoms with E-state index in [1.165, 1.54) is 0 Å². The number of oxime groups is 1. The predicted molar refractivity (Wildman–Crippen MR) is 75.1 cm³/mol. The minimum absolute atomic E-state index is 0.0269. The number of nitrogens with zero attached hydrogens (tertiary/aromatic N) is 2. The van der Waals surface area contributed by atoms with Crippen LogP contribution in [0, 0.1) is 0 Å². The molecular weight excluding hydrogens is 242 g/mol. The molecule has 19 heavy (non-hydrogen) atoms. The lowest BCUT2D eigenvalue weighted by atomic mass is 9.83. The molecule has 0 aliphatic heterocycles. The van der Waals surface area contributed by atoms with Crippen LogP contribution >= 0.6 is 0 Å². The van der Waals surface area contributed by atoms with Gasteiger partial charge in [0.05, 0.1) is 12.0 Å². The quantitative estimate of drug-likeness (QED) is 0.366. The maximum atomic E-state index is 12.6.